The quantitative estimate of drug-likeness (QED) is 0.542. The molecule has 1 heterocycles. The summed E-state index contributed by atoms with van der Waals surface area (Å²) in [6.07, 6.45) is 0.851. The molecule has 0 amide bonds. The molecule has 1 aliphatic heterocycles. The van der Waals surface area contributed by atoms with Crippen LogP contribution in [0.2, 0.25) is 0 Å². The lowest BCUT2D eigenvalue weighted by atomic mass is 9.91. The van der Waals surface area contributed by atoms with E-state index in [2.05, 4.69) is 40.8 Å². The van der Waals surface area contributed by atoms with Crippen molar-refractivity contribution in [1.29, 1.82) is 0 Å². The highest BCUT2D eigenvalue weighted by atomic mass is 32.2. The summed E-state index contributed by atoms with van der Waals surface area (Å²) in [5, 5.41) is 0. The maximum Gasteiger partial charge on any atom is 0.240 e. The highest BCUT2D eigenvalue weighted by molar-refractivity contribution is 7.89. The molecule has 0 saturated heterocycles. The number of rotatable bonds is 8. The molecule has 0 spiro atoms. The molecule has 3 aromatic rings. The number of ether oxygens (including phenoxy) is 2. The maximum atomic E-state index is 12.9. The molecule has 33 heavy (non-hydrogen) atoms. The predicted molar refractivity (Wildman–Crippen MR) is 129 cm³/mol. The van der Waals surface area contributed by atoms with E-state index in [1.165, 1.54) is 11.1 Å². The summed E-state index contributed by atoms with van der Waals surface area (Å²) in [6, 6.07) is 20.8. The number of hydrogen-bond acceptors (Lipinski definition) is 5. The largest absolute Gasteiger partial charge is 0.493 e. The van der Waals surface area contributed by atoms with Gasteiger partial charge in [-0.1, -0.05) is 48.0 Å². The van der Waals surface area contributed by atoms with Crippen LogP contribution in [0.5, 0.6) is 11.5 Å². The molecule has 4 rings (SSSR count). The molecular weight excluding hydrogens is 436 g/mol. The Balaban J connectivity index is 1.66. The van der Waals surface area contributed by atoms with Crippen LogP contribution in [0, 0.1) is 6.92 Å². The molecule has 174 valence electrons. The van der Waals surface area contributed by atoms with E-state index in [0.29, 0.717) is 11.5 Å². The van der Waals surface area contributed by atoms with Gasteiger partial charge in [0.2, 0.25) is 10.0 Å². The van der Waals surface area contributed by atoms with Crippen molar-refractivity contribution in [2.45, 2.75) is 30.8 Å². The minimum Gasteiger partial charge on any atom is -0.493 e. The van der Waals surface area contributed by atoms with Crippen molar-refractivity contribution in [3.05, 3.63) is 89.0 Å². The van der Waals surface area contributed by atoms with Crippen LogP contribution in [-0.4, -0.2) is 40.6 Å². The van der Waals surface area contributed by atoms with Crippen molar-refractivity contribution in [3.8, 4) is 11.5 Å². The molecule has 0 aliphatic carbocycles. The molecule has 0 bridgehead atoms. The topological polar surface area (TPSA) is 67.9 Å². The van der Waals surface area contributed by atoms with Gasteiger partial charge < -0.3 is 9.47 Å². The summed E-state index contributed by atoms with van der Waals surface area (Å²) in [7, 11) is -0.383. The van der Waals surface area contributed by atoms with E-state index >= 15 is 0 Å². The number of sulfonamides is 1. The van der Waals surface area contributed by atoms with Crippen molar-refractivity contribution in [2.75, 3.05) is 27.3 Å². The van der Waals surface area contributed by atoms with Crippen LogP contribution < -0.4 is 14.2 Å². The number of nitrogens with one attached hydrogen (secondary N) is 1. The van der Waals surface area contributed by atoms with Crippen molar-refractivity contribution in [2.24, 2.45) is 0 Å². The van der Waals surface area contributed by atoms with Gasteiger partial charge in [-0.05, 0) is 54.3 Å². The number of nitrogens with zero attached hydrogens (tertiary/aromatic N) is 1. The van der Waals surface area contributed by atoms with Crippen LogP contribution in [0.1, 0.15) is 28.3 Å². The average Bonchev–Trinajstić information content (AvgIpc) is 2.84. The van der Waals surface area contributed by atoms with Crippen molar-refractivity contribution in [1.82, 2.24) is 9.62 Å². The fourth-order valence-electron chi connectivity index (χ4n) is 4.31. The molecule has 6 nitrogen and oxygen atoms in total. The summed E-state index contributed by atoms with van der Waals surface area (Å²) in [5.74, 6) is 1.33. The summed E-state index contributed by atoms with van der Waals surface area (Å²) >= 11 is 0. The Hall–Kier alpha value is -2.87. The Morgan fingerprint density at radius 3 is 2.30 bits per heavy atom. The van der Waals surface area contributed by atoms with Crippen LogP contribution in [-0.2, 0) is 23.0 Å². The number of fused-ring (bicyclic) bond motifs is 1. The van der Waals surface area contributed by atoms with Gasteiger partial charge in [-0.25, -0.2) is 13.1 Å². The zero-order valence-electron chi connectivity index (χ0n) is 19.2. The first-order chi connectivity index (χ1) is 15.9. The molecule has 7 heteroatoms. The zero-order chi connectivity index (χ0) is 23.4. The van der Waals surface area contributed by atoms with Gasteiger partial charge in [0, 0.05) is 25.7 Å². The molecule has 0 aromatic heterocycles. The highest BCUT2D eigenvalue weighted by Gasteiger charge is 2.30. The molecule has 0 fully saturated rings. The summed E-state index contributed by atoms with van der Waals surface area (Å²) in [4.78, 5) is 2.59. The van der Waals surface area contributed by atoms with Crippen LogP contribution in [0.3, 0.4) is 0 Å². The summed E-state index contributed by atoms with van der Waals surface area (Å²) in [6.45, 7) is 3.87. The summed E-state index contributed by atoms with van der Waals surface area (Å²) in [5.41, 5.74) is 4.62. The maximum absolute atomic E-state index is 12.9. The van der Waals surface area contributed by atoms with Crippen LogP contribution >= 0.6 is 0 Å². The first-order valence-electron chi connectivity index (χ1n) is 11.0. The first kappa shape index (κ1) is 23.3. The van der Waals surface area contributed by atoms with E-state index in [1.807, 2.05) is 12.1 Å². The van der Waals surface area contributed by atoms with Gasteiger partial charge >= 0.3 is 0 Å². The molecular formula is C26H30N2O4S. The Bertz CT molecular complexity index is 1190. The second-order valence-corrected chi connectivity index (χ2v) is 10.1. The number of hydrogen-bond donors (Lipinski definition) is 1. The van der Waals surface area contributed by atoms with Crippen molar-refractivity contribution < 1.29 is 17.9 Å². The van der Waals surface area contributed by atoms with Crippen LogP contribution in [0.4, 0.5) is 0 Å². The Labute approximate surface area is 196 Å². The van der Waals surface area contributed by atoms with Gasteiger partial charge in [0.05, 0.1) is 19.1 Å². The third-order valence-electron chi connectivity index (χ3n) is 6.14. The fourth-order valence-corrected chi connectivity index (χ4v) is 5.37. The average molecular weight is 467 g/mol. The van der Waals surface area contributed by atoms with Crippen LogP contribution in [0.15, 0.2) is 71.6 Å². The molecule has 0 unspecified atom stereocenters. The summed E-state index contributed by atoms with van der Waals surface area (Å²) < 4.78 is 39.8. The molecule has 0 saturated carbocycles. The Morgan fingerprint density at radius 2 is 1.64 bits per heavy atom. The van der Waals surface area contributed by atoms with E-state index in [9.17, 15) is 8.42 Å². The SMILES string of the molecule is COc1cc2c(cc1OC)[C@H](CNS(=O)(=O)c1ccccc1)N(Cc1ccc(C)cc1)CC2. The van der Waals surface area contributed by atoms with Gasteiger partial charge in [0.15, 0.2) is 11.5 Å². The smallest absolute Gasteiger partial charge is 0.240 e. The van der Waals surface area contributed by atoms with Crippen molar-refractivity contribution >= 4 is 10.0 Å². The van der Waals surface area contributed by atoms with Gasteiger partial charge in [-0.3, -0.25) is 4.90 Å². The van der Waals surface area contributed by atoms with E-state index < -0.39 is 10.0 Å². The van der Waals surface area contributed by atoms with E-state index in [4.69, 9.17) is 9.47 Å². The first-order valence-corrected chi connectivity index (χ1v) is 12.5. The third kappa shape index (κ3) is 5.21. The molecule has 0 radical (unpaired) electrons. The highest BCUT2D eigenvalue weighted by Crippen LogP contribution is 2.38. The second kappa shape index (κ2) is 9.95. The number of aryl methyl sites for hydroxylation is 1. The van der Waals surface area contributed by atoms with Gasteiger partial charge in [0.1, 0.15) is 0 Å². The third-order valence-corrected chi connectivity index (χ3v) is 7.58. The number of methoxy groups -OCH3 is 2. The number of benzene rings is 3. The standard InChI is InChI=1S/C26H30N2O4S/c1-19-9-11-20(12-10-19)18-28-14-13-21-15-25(31-2)26(32-3)16-23(21)24(28)17-27-33(29,30)22-7-5-4-6-8-22/h4-12,15-16,24,27H,13-14,17-18H2,1-3H3/t24-/m0/s1. The Morgan fingerprint density at radius 1 is 0.970 bits per heavy atom. The van der Waals surface area contributed by atoms with E-state index in [-0.39, 0.29) is 17.5 Å². The molecule has 1 atom stereocenters. The van der Waals surface area contributed by atoms with Gasteiger partial charge in [0.25, 0.3) is 0 Å². The lowest BCUT2D eigenvalue weighted by molar-refractivity contribution is 0.176. The molecule has 3 aromatic carbocycles. The van der Waals surface area contributed by atoms with Crippen molar-refractivity contribution in [3.63, 3.8) is 0 Å². The molecule has 1 N–H and O–H groups in total. The predicted octanol–water partition coefficient (Wildman–Crippen LogP) is 4.09. The molecule has 1 aliphatic rings. The lowest BCUT2D eigenvalue weighted by Crippen LogP contribution is -2.41. The van der Waals surface area contributed by atoms with E-state index in [0.717, 1.165) is 30.6 Å². The second-order valence-electron chi connectivity index (χ2n) is 8.29. The van der Waals surface area contributed by atoms with Crippen LogP contribution in [0.25, 0.3) is 0 Å². The fraction of sp³-hybridized carbons (Fsp3) is 0.308. The van der Waals surface area contributed by atoms with Gasteiger partial charge in [-0.15, -0.1) is 0 Å². The van der Waals surface area contributed by atoms with E-state index in [1.54, 1.807) is 44.6 Å². The zero-order valence-corrected chi connectivity index (χ0v) is 20.1. The normalized spacial score (nSPS) is 16.3. The monoisotopic (exact) mass is 466 g/mol. The van der Waals surface area contributed by atoms with Gasteiger partial charge in [-0.2, -0.15) is 0 Å². The minimum atomic E-state index is -3.63. The minimum absolute atomic E-state index is 0.145. The lowest BCUT2D eigenvalue weighted by Gasteiger charge is -2.38. The Kier molecular flexibility index (Phi) is 7.02.